The highest BCUT2D eigenvalue weighted by Gasteiger charge is 2.19. The standard InChI is InChI=1S/C22H23N3O2S/c26-20(23-15-18-12-7-13-27-18)14-19-21(16-8-3-1-4-9-16)25-22(28-19)24-17-10-5-2-6-11-17/h1-6,8-11,18H,7,12-15H2,(H,23,26)(H,24,25). The molecule has 1 aliphatic heterocycles. The van der Waals surface area contributed by atoms with Crippen LogP contribution >= 0.6 is 11.3 Å². The minimum atomic E-state index is 0.00240. The van der Waals surface area contributed by atoms with Gasteiger partial charge in [-0.3, -0.25) is 4.79 Å². The van der Waals surface area contributed by atoms with Crippen molar-refractivity contribution in [3.05, 3.63) is 65.5 Å². The molecule has 6 heteroatoms. The van der Waals surface area contributed by atoms with Crippen molar-refractivity contribution in [2.75, 3.05) is 18.5 Å². The Morgan fingerprint density at radius 1 is 1.11 bits per heavy atom. The average molecular weight is 394 g/mol. The Morgan fingerprint density at radius 2 is 1.86 bits per heavy atom. The van der Waals surface area contributed by atoms with E-state index in [1.807, 2.05) is 60.7 Å². The van der Waals surface area contributed by atoms with Gasteiger partial charge in [0.2, 0.25) is 5.91 Å². The molecule has 1 aliphatic rings. The van der Waals surface area contributed by atoms with Crippen LogP contribution in [0.2, 0.25) is 0 Å². The lowest BCUT2D eigenvalue weighted by molar-refractivity contribution is -0.120. The second-order valence-corrected chi connectivity index (χ2v) is 7.85. The number of benzene rings is 2. The zero-order valence-corrected chi connectivity index (χ0v) is 16.4. The van der Waals surface area contributed by atoms with Crippen LogP contribution in [0.3, 0.4) is 0 Å². The normalized spacial score (nSPS) is 16.1. The van der Waals surface area contributed by atoms with E-state index in [0.29, 0.717) is 13.0 Å². The van der Waals surface area contributed by atoms with Crippen LogP contribution in [0.5, 0.6) is 0 Å². The Bertz CT molecular complexity index is 906. The van der Waals surface area contributed by atoms with Gasteiger partial charge in [0.15, 0.2) is 5.13 Å². The molecule has 4 rings (SSSR count). The van der Waals surface area contributed by atoms with Gasteiger partial charge in [0.1, 0.15) is 0 Å². The lowest BCUT2D eigenvalue weighted by Crippen LogP contribution is -2.32. The fourth-order valence-corrected chi connectivity index (χ4v) is 4.24. The lowest BCUT2D eigenvalue weighted by Gasteiger charge is -2.10. The van der Waals surface area contributed by atoms with E-state index >= 15 is 0 Å². The van der Waals surface area contributed by atoms with E-state index in [9.17, 15) is 4.79 Å². The maximum absolute atomic E-state index is 12.5. The van der Waals surface area contributed by atoms with Crippen LogP contribution in [0.4, 0.5) is 10.8 Å². The first-order valence-electron chi connectivity index (χ1n) is 9.53. The fourth-order valence-electron chi connectivity index (χ4n) is 3.23. The molecular formula is C22H23N3O2S. The van der Waals surface area contributed by atoms with Crippen molar-refractivity contribution in [3.8, 4) is 11.3 Å². The van der Waals surface area contributed by atoms with Crippen LogP contribution in [0.25, 0.3) is 11.3 Å². The number of rotatable bonds is 7. The molecular weight excluding hydrogens is 370 g/mol. The molecule has 0 aliphatic carbocycles. The molecule has 5 nitrogen and oxygen atoms in total. The Labute approximate surface area is 168 Å². The van der Waals surface area contributed by atoms with Gasteiger partial charge in [0.25, 0.3) is 0 Å². The van der Waals surface area contributed by atoms with Crippen molar-refractivity contribution in [1.29, 1.82) is 0 Å². The molecule has 3 aromatic rings. The number of para-hydroxylation sites is 1. The summed E-state index contributed by atoms with van der Waals surface area (Å²) in [5.74, 6) is 0.00240. The third-order valence-corrected chi connectivity index (χ3v) is 5.61. The van der Waals surface area contributed by atoms with Gasteiger partial charge >= 0.3 is 0 Å². The molecule has 1 saturated heterocycles. The summed E-state index contributed by atoms with van der Waals surface area (Å²) in [7, 11) is 0. The molecule has 0 spiro atoms. The first-order valence-corrected chi connectivity index (χ1v) is 10.3. The van der Waals surface area contributed by atoms with E-state index in [4.69, 9.17) is 9.72 Å². The summed E-state index contributed by atoms with van der Waals surface area (Å²) >= 11 is 1.52. The van der Waals surface area contributed by atoms with Crippen LogP contribution in [-0.2, 0) is 16.0 Å². The summed E-state index contributed by atoms with van der Waals surface area (Å²) in [6.45, 7) is 1.37. The zero-order valence-electron chi connectivity index (χ0n) is 15.6. The highest BCUT2D eigenvalue weighted by Crippen LogP contribution is 2.33. The lowest BCUT2D eigenvalue weighted by atomic mass is 10.1. The van der Waals surface area contributed by atoms with Gasteiger partial charge in [-0.15, -0.1) is 11.3 Å². The molecule has 2 heterocycles. The zero-order chi connectivity index (χ0) is 19.2. The van der Waals surface area contributed by atoms with Gasteiger partial charge in [0, 0.05) is 29.3 Å². The molecule has 144 valence electrons. The fraction of sp³-hybridized carbons (Fsp3) is 0.273. The van der Waals surface area contributed by atoms with Crippen molar-refractivity contribution in [2.45, 2.75) is 25.4 Å². The number of carbonyl (C=O) groups excluding carboxylic acids is 1. The Kier molecular flexibility index (Phi) is 5.99. The van der Waals surface area contributed by atoms with Gasteiger partial charge in [0.05, 0.1) is 18.2 Å². The quantitative estimate of drug-likeness (QED) is 0.625. The first kappa shape index (κ1) is 18.7. The molecule has 1 aromatic heterocycles. The molecule has 0 radical (unpaired) electrons. The average Bonchev–Trinajstić information content (AvgIpc) is 3.38. The van der Waals surface area contributed by atoms with Crippen molar-refractivity contribution in [2.24, 2.45) is 0 Å². The minimum absolute atomic E-state index is 0.00240. The van der Waals surface area contributed by atoms with Gasteiger partial charge in [-0.05, 0) is 25.0 Å². The van der Waals surface area contributed by atoms with Crippen LogP contribution in [0, 0.1) is 0 Å². The summed E-state index contributed by atoms with van der Waals surface area (Å²) < 4.78 is 5.58. The molecule has 0 bridgehead atoms. The number of hydrogen-bond acceptors (Lipinski definition) is 5. The summed E-state index contributed by atoms with van der Waals surface area (Å²) in [5.41, 5.74) is 2.85. The highest BCUT2D eigenvalue weighted by molar-refractivity contribution is 7.16. The molecule has 1 unspecified atom stereocenters. The van der Waals surface area contributed by atoms with Gasteiger partial charge in [-0.25, -0.2) is 4.98 Å². The van der Waals surface area contributed by atoms with E-state index in [1.165, 1.54) is 11.3 Å². The number of hydrogen-bond donors (Lipinski definition) is 2. The number of ether oxygens (including phenoxy) is 1. The van der Waals surface area contributed by atoms with Crippen LogP contribution < -0.4 is 10.6 Å². The highest BCUT2D eigenvalue weighted by atomic mass is 32.1. The smallest absolute Gasteiger partial charge is 0.225 e. The molecule has 2 N–H and O–H groups in total. The van der Waals surface area contributed by atoms with E-state index in [1.54, 1.807) is 0 Å². The molecule has 1 amide bonds. The number of carbonyl (C=O) groups is 1. The van der Waals surface area contributed by atoms with Gasteiger partial charge < -0.3 is 15.4 Å². The minimum Gasteiger partial charge on any atom is -0.376 e. The summed E-state index contributed by atoms with van der Waals surface area (Å²) in [5, 5.41) is 7.13. The number of nitrogens with one attached hydrogen (secondary N) is 2. The van der Waals surface area contributed by atoms with Crippen molar-refractivity contribution in [3.63, 3.8) is 0 Å². The van der Waals surface area contributed by atoms with Crippen LogP contribution in [-0.4, -0.2) is 30.1 Å². The van der Waals surface area contributed by atoms with E-state index in [-0.39, 0.29) is 12.0 Å². The van der Waals surface area contributed by atoms with Crippen LogP contribution in [0.1, 0.15) is 17.7 Å². The van der Waals surface area contributed by atoms with Crippen molar-refractivity contribution in [1.82, 2.24) is 10.3 Å². The third kappa shape index (κ3) is 4.77. The Balaban J connectivity index is 1.51. The largest absolute Gasteiger partial charge is 0.376 e. The maximum atomic E-state index is 12.5. The summed E-state index contributed by atoms with van der Waals surface area (Å²) in [6.07, 6.45) is 2.54. The number of amides is 1. The van der Waals surface area contributed by atoms with E-state index in [2.05, 4.69) is 10.6 Å². The van der Waals surface area contributed by atoms with E-state index in [0.717, 1.165) is 46.4 Å². The topological polar surface area (TPSA) is 63.2 Å². The monoisotopic (exact) mass is 393 g/mol. The van der Waals surface area contributed by atoms with Crippen molar-refractivity contribution >= 4 is 28.1 Å². The third-order valence-electron chi connectivity index (χ3n) is 4.64. The molecule has 2 aromatic carbocycles. The second-order valence-electron chi connectivity index (χ2n) is 6.76. The van der Waals surface area contributed by atoms with Gasteiger partial charge in [-0.1, -0.05) is 48.5 Å². The molecule has 1 fully saturated rings. The Morgan fingerprint density at radius 3 is 2.57 bits per heavy atom. The van der Waals surface area contributed by atoms with Crippen LogP contribution in [0.15, 0.2) is 60.7 Å². The predicted molar refractivity (Wildman–Crippen MR) is 113 cm³/mol. The maximum Gasteiger partial charge on any atom is 0.225 e. The number of anilines is 2. The first-order chi connectivity index (χ1) is 13.8. The van der Waals surface area contributed by atoms with E-state index < -0.39 is 0 Å². The van der Waals surface area contributed by atoms with Crippen molar-refractivity contribution < 1.29 is 9.53 Å². The predicted octanol–water partition coefficient (Wildman–Crippen LogP) is 4.39. The molecule has 0 saturated carbocycles. The SMILES string of the molecule is O=C(Cc1sc(Nc2ccccc2)nc1-c1ccccc1)NCC1CCCO1. The Hall–Kier alpha value is -2.70. The number of thiazole rings is 1. The molecule has 1 atom stereocenters. The number of aromatic nitrogens is 1. The van der Waals surface area contributed by atoms with Gasteiger partial charge in [-0.2, -0.15) is 0 Å². The summed E-state index contributed by atoms with van der Waals surface area (Å²) in [4.78, 5) is 18.2. The molecule has 28 heavy (non-hydrogen) atoms. The summed E-state index contributed by atoms with van der Waals surface area (Å²) in [6, 6.07) is 19.9. The number of nitrogens with zero attached hydrogens (tertiary/aromatic N) is 1. The second kappa shape index (κ2) is 8.99.